The van der Waals surface area contributed by atoms with Gasteiger partial charge in [-0.3, -0.25) is 0 Å². The zero-order chi connectivity index (χ0) is 80.8. The van der Waals surface area contributed by atoms with E-state index in [2.05, 4.69) is 77.3 Å². The Labute approximate surface area is 649 Å². The number of halogens is 2. The van der Waals surface area contributed by atoms with E-state index in [-0.39, 0.29) is 45.5 Å². The van der Waals surface area contributed by atoms with E-state index in [1.165, 1.54) is 91.4 Å². The highest BCUT2D eigenvalue weighted by Crippen LogP contribution is 2.31. The fraction of sp³-hybridized carbons (Fsp3) is 0.171. The molecule has 0 saturated carbocycles. The highest BCUT2D eigenvalue weighted by atomic mass is 32.1. The zero-order valence-corrected chi connectivity index (χ0v) is 63.9. The van der Waals surface area contributed by atoms with Crippen molar-refractivity contribution in [2.75, 3.05) is 63.8 Å². The summed E-state index contributed by atoms with van der Waals surface area (Å²) >= 11 is 3.01. The van der Waals surface area contributed by atoms with Crippen LogP contribution in [0, 0.1) is 79.5 Å². The Morgan fingerprint density at radius 3 is 1.15 bits per heavy atom. The smallest absolute Gasteiger partial charge is 0.417 e. The second kappa shape index (κ2) is 37.4. The van der Waals surface area contributed by atoms with Gasteiger partial charge in [0.1, 0.15) is 89.7 Å². The normalized spacial score (nSPS) is 11.0. The molecule has 4 aromatic carbocycles. The van der Waals surface area contributed by atoms with Gasteiger partial charge in [0.15, 0.2) is 0 Å². The minimum Gasteiger partial charge on any atom is -0.497 e. The molecule has 30 heteroatoms. The number of nitro groups is 2. The first-order valence-corrected chi connectivity index (χ1v) is 34.9. The maximum atomic E-state index is 13.5. The van der Waals surface area contributed by atoms with Crippen LogP contribution in [0.5, 0.6) is 23.0 Å². The predicted molar refractivity (Wildman–Crippen MR) is 430 cm³/mol. The van der Waals surface area contributed by atoms with Crippen LogP contribution < -0.4 is 40.2 Å². The molecule has 568 valence electrons. The van der Waals surface area contributed by atoms with Gasteiger partial charge in [0.05, 0.1) is 60.0 Å². The molecule has 26 nitrogen and oxygen atoms in total. The number of carbonyl (C=O) groups excluding carboxylic acids is 2. The van der Waals surface area contributed by atoms with E-state index in [4.69, 9.17) is 48.7 Å². The number of hydrogen-bond acceptors (Lipinski definition) is 24. The maximum absolute atomic E-state index is 13.5. The molecule has 0 saturated heterocycles. The summed E-state index contributed by atoms with van der Waals surface area (Å²) in [5.41, 5.74) is 13.2. The molecule has 0 spiro atoms. The van der Waals surface area contributed by atoms with E-state index in [0.717, 1.165) is 79.6 Å². The number of ether oxygens (including phenoxy) is 6. The number of aromatic nitrogens is 6. The molecule has 8 aromatic heterocycles. The molecule has 12 aromatic rings. The van der Waals surface area contributed by atoms with Gasteiger partial charge in [0, 0.05) is 37.0 Å². The number of methoxy groups -OCH3 is 4. The summed E-state index contributed by atoms with van der Waals surface area (Å²) in [4.78, 5) is 72.3. The quantitative estimate of drug-likeness (QED) is 0.0496. The first-order chi connectivity index (χ1) is 53.4. The second-order valence-electron chi connectivity index (χ2n) is 25.1. The Morgan fingerprint density at radius 1 is 0.464 bits per heavy atom. The molecule has 0 unspecified atom stereocenters. The number of allylic oxidation sites excluding steroid dienone is 4. The van der Waals surface area contributed by atoms with E-state index >= 15 is 0 Å². The summed E-state index contributed by atoms with van der Waals surface area (Å²) in [5.74, 6) is 24.3. The van der Waals surface area contributed by atoms with Crippen molar-refractivity contribution in [1.29, 1.82) is 0 Å². The number of anilines is 4. The summed E-state index contributed by atoms with van der Waals surface area (Å²) in [5, 5.41) is 26.4. The van der Waals surface area contributed by atoms with Crippen LogP contribution in [-0.2, 0) is 9.47 Å². The third-order valence-corrected chi connectivity index (χ3v) is 16.6. The average Bonchev–Trinajstić information content (AvgIpc) is 1.61. The van der Waals surface area contributed by atoms with Gasteiger partial charge in [0.25, 0.3) is 11.6 Å². The Bertz CT molecular complexity index is 5570. The molecule has 2 amide bonds. The van der Waals surface area contributed by atoms with Gasteiger partial charge >= 0.3 is 23.8 Å². The number of amides is 2. The molecule has 8 heterocycles. The van der Waals surface area contributed by atoms with Gasteiger partial charge in [-0.15, -0.1) is 22.7 Å². The number of thiazole rings is 2. The molecule has 0 fully saturated rings. The molecule has 0 atom stereocenters. The number of rotatable bonds is 12. The number of benzene rings is 4. The highest BCUT2D eigenvalue weighted by Gasteiger charge is 2.28. The van der Waals surface area contributed by atoms with Crippen LogP contribution >= 0.6 is 22.7 Å². The van der Waals surface area contributed by atoms with Crippen LogP contribution in [-0.4, -0.2) is 106 Å². The van der Waals surface area contributed by atoms with E-state index in [1.54, 1.807) is 119 Å². The van der Waals surface area contributed by atoms with Crippen molar-refractivity contribution in [1.82, 2.24) is 29.9 Å². The van der Waals surface area contributed by atoms with Crippen molar-refractivity contribution in [3.63, 3.8) is 0 Å². The third-order valence-electron chi connectivity index (χ3n) is 14.6. The number of nitrogens with zero attached hydrogens (tertiary/aromatic N) is 10. The summed E-state index contributed by atoms with van der Waals surface area (Å²) in [7, 11) is 9.30. The van der Waals surface area contributed by atoms with Crippen LogP contribution in [0.15, 0.2) is 167 Å². The summed E-state index contributed by atoms with van der Waals surface area (Å²) < 4.78 is 71.6. The standard InChI is InChI=1S/C24H23N3O6.C23H22N4O5S.C18H13FN2O2.C17H12FN3OS/c1-24(2,3)33-23(28)26(4)21-13-10-16(22(25-21)27(29)30)8-6-7-9-19-15-17-14-18(31-5)11-12-20(17)32-19;1-23(2,3)32-22(28)26(4)19-13-10-15(21(25-19)27(29)30)8-6-7-9-20-24-17-12-11-16(31-5)14-18(17)33-20;1-22-14-7-8-16-13(10-14)11-15(23-16)5-3-2-4-12-6-9-17(20)21-18(12)19;1-22-12-7-8-13-14(10-12)23-16(20-13)5-3-2-4-11-6-9-15(19)21-17(11)18/h7,9-15H,1-5H3;7,9-14H,1-5H3;3,5-11H,1H3,(H2,20,21);3,5-10H,1H3,(H2,19,21)/b2*9-7+;2*5-3+. The first kappa shape index (κ1) is 81.6. The Hall–Kier alpha value is -14.5. The Balaban J connectivity index is 0.000000174. The van der Waals surface area contributed by atoms with Crippen LogP contribution in [0.1, 0.15) is 85.3 Å². The van der Waals surface area contributed by atoms with Crippen molar-refractivity contribution >= 4 is 136 Å². The minimum atomic E-state index is -0.707. The summed E-state index contributed by atoms with van der Waals surface area (Å²) in [6, 6.07) is 37.9. The van der Waals surface area contributed by atoms with E-state index < -0.39 is 56.8 Å². The largest absolute Gasteiger partial charge is 0.497 e. The SMILES string of the molecule is COc1ccc2nc(/C=C/C#Cc3ccc(N(C)C(=O)OC(C)(C)C)nc3[N+](=O)[O-])sc2c1.COc1ccc2nc(/C=C/C#Cc3ccc(N)nc3F)sc2c1.COc1ccc2oc(/C=C/C#Cc3ccc(N(C)C(=O)OC(C)(C)C)nc3[N+](=O)[O-])cc2c1.COc1ccc2oc(/C=C/C#Cc3ccc(N)nc3F)cc2c1. The van der Waals surface area contributed by atoms with Gasteiger partial charge in [-0.1, -0.05) is 47.4 Å². The third kappa shape index (κ3) is 23.3. The predicted octanol–water partition coefficient (Wildman–Crippen LogP) is 17.3. The molecule has 112 heavy (non-hydrogen) atoms. The topological polar surface area (TPSA) is 338 Å². The zero-order valence-electron chi connectivity index (χ0n) is 62.2. The molecule has 0 aliphatic carbocycles. The highest BCUT2D eigenvalue weighted by molar-refractivity contribution is 7.19. The Kier molecular flexibility index (Phi) is 27.2. The molecule has 4 N–H and O–H groups in total. The first-order valence-electron chi connectivity index (χ1n) is 33.3. The molecular formula is C82H70F2N12O14S2. The van der Waals surface area contributed by atoms with Crippen LogP contribution in [0.4, 0.5) is 53.3 Å². The van der Waals surface area contributed by atoms with E-state index in [9.17, 15) is 38.6 Å². The number of fused-ring (bicyclic) bond motifs is 4. The molecule has 12 rings (SSSR count). The fourth-order valence-electron chi connectivity index (χ4n) is 9.35. The number of nitrogen functional groups attached to an aromatic ring is 2. The maximum Gasteiger partial charge on any atom is 0.417 e. The van der Waals surface area contributed by atoms with Gasteiger partial charge in [0.2, 0.25) is 11.9 Å². The lowest BCUT2D eigenvalue weighted by atomic mass is 10.2. The van der Waals surface area contributed by atoms with Crippen molar-refractivity contribution in [2.45, 2.75) is 52.7 Å². The Morgan fingerprint density at radius 2 is 0.804 bits per heavy atom. The lowest BCUT2D eigenvalue weighted by Gasteiger charge is -2.22. The number of hydrogen-bond donors (Lipinski definition) is 2. The molecule has 0 aliphatic rings. The van der Waals surface area contributed by atoms with Gasteiger partial charge in [-0.2, -0.15) is 8.78 Å². The molecule has 0 aliphatic heterocycles. The monoisotopic (exact) mass is 1550 g/mol. The molecule has 0 bridgehead atoms. The minimum absolute atomic E-state index is 0.0785. The van der Waals surface area contributed by atoms with Crippen molar-refractivity contribution in [3.05, 3.63) is 234 Å². The van der Waals surface area contributed by atoms with Gasteiger partial charge in [-0.05, 0) is 231 Å². The lowest BCUT2D eigenvalue weighted by molar-refractivity contribution is -0.389. The molecular weight excluding hydrogens is 1480 g/mol. The van der Waals surface area contributed by atoms with E-state index in [1.807, 2.05) is 78.9 Å². The fourth-order valence-corrected chi connectivity index (χ4v) is 11.1. The van der Waals surface area contributed by atoms with Gasteiger partial charge < -0.3 is 69.0 Å². The molecule has 0 radical (unpaired) electrons. The van der Waals surface area contributed by atoms with Crippen LogP contribution in [0.3, 0.4) is 0 Å². The number of furan rings is 2. The summed E-state index contributed by atoms with van der Waals surface area (Å²) in [6.45, 7) is 10.4. The van der Waals surface area contributed by atoms with Crippen molar-refractivity contribution < 1.29 is 65.5 Å². The van der Waals surface area contributed by atoms with Crippen molar-refractivity contribution in [3.8, 4) is 70.4 Å². The van der Waals surface area contributed by atoms with Crippen LogP contribution in [0.2, 0.25) is 0 Å². The average molecular weight is 1550 g/mol. The second-order valence-corrected chi connectivity index (χ2v) is 27.2. The number of carbonyl (C=O) groups is 2. The van der Waals surface area contributed by atoms with Crippen molar-refractivity contribution in [2.24, 2.45) is 0 Å². The number of pyridine rings is 4. The van der Waals surface area contributed by atoms with Gasteiger partial charge in [-0.25, -0.2) is 39.3 Å². The lowest BCUT2D eigenvalue weighted by Crippen LogP contribution is -2.34. The summed E-state index contributed by atoms with van der Waals surface area (Å²) in [6.07, 6.45) is 11.9. The van der Waals surface area contributed by atoms with E-state index in [0.29, 0.717) is 17.1 Å². The number of nitrogens with two attached hydrogens (primary N) is 2. The van der Waals surface area contributed by atoms with Crippen LogP contribution in [0.25, 0.3) is 66.7 Å².